The summed E-state index contributed by atoms with van der Waals surface area (Å²) in [6.45, 7) is 0. The van der Waals surface area contributed by atoms with E-state index in [9.17, 15) is 14.4 Å². The van der Waals surface area contributed by atoms with Crippen LogP contribution >= 0.6 is 0 Å². The second kappa shape index (κ2) is 5.49. The number of carbonyl (C=O) groups is 3. The molecule has 0 saturated heterocycles. The Balaban J connectivity index is 0.000000151. The molecule has 4 nitrogen and oxygen atoms in total. The van der Waals surface area contributed by atoms with E-state index < -0.39 is 0 Å². The van der Waals surface area contributed by atoms with Gasteiger partial charge in [-0.2, -0.15) is 0 Å². The molecular formula is C11H9NO3. The molecule has 15 heavy (non-hydrogen) atoms. The van der Waals surface area contributed by atoms with Gasteiger partial charge in [0.15, 0.2) is 0 Å². The normalized spacial score (nSPS) is 12.8. The zero-order valence-electron chi connectivity index (χ0n) is 7.84. The average molecular weight is 203 g/mol. The van der Waals surface area contributed by atoms with Crippen molar-refractivity contribution in [2.24, 2.45) is 0 Å². The van der Waals surface area contributed by atoms with Crippen LogP contribution in [0, 0.1) is 0 Å². The monoisotopic (exact) mass is 203 g/mol. The van der Waals surface area contributed by atoms with Crippen LogP contribution in [-0.4, -0.2) is 18.1 Å². The van der Waals surface area contributed by atoms with E-state index in [2.05, 4.69) is 0 Å². The molecule has 1 N–H and O–H groups in total. The first-order valence-corrected chi connectivity index (χ1v) is 4.25. The van der Waals surface area contributed by atoms with Crippen LogP contribution in [0.25, 0.3) is 0 Å². The molecule has 0 bridgehead atoms. The molecule has 0 spiro atoms. The van der Waals surface area contributed by atoms with Gasteiger partial charge in [0, 0.05) is 17.7 Å². The molecule has 1 aromatic rings. The number of hydrogen-bond donors (Lipinski definition) is 1. The number of benzene rings is 1. The van der Waals surface area contributed by atoms with Gasteiger partial charge in [0.25, 0.3) is 11.8 Å². The number of aldehydes is 1. The highest BCUT2D eigenvalue weighted by Crippen LogP contribution is 1.91. The third-order valence-corrected chi connectivity index (χ3v) is 1.57. The van der Waals surface area contributed by atoms with Crippen LogP contribution in [-0.2, 0) is 9.59 Å². The van der Waals surface area contributed by atoms with E-state index in [0.29, 0.717) is 0 Å². The van der Waals surface area contributed by atoms with Gasteiger partial charge in [-0.05, 0) is 0 Å². The van der Waals surface area contributed by atoms with Gasteiger partial charge in [-0.25, -0.2) is 0 Å². The van der Waals surface area contributed by atoms with Crippen molar-refractivity contribution in [3.63, 3.8) is 0 Å². The smallest absolute Gasteiger partial charge is 0.250 e. The highest BCUT2D eigenvalue weighted by Gasteiger charge is 2.06. The second-order valence-electron chi connectivity index (χ2n) is 2.72. The number of nitrogens with one attached hydrogen (secondary N) is 1. The lowest BCUT2D eigenvalue weighted by atomic mass is 10.2. The van der Waals surface area contributed by atoms with Crippen molar-refractivity contribution >= 4 is 18.1 Å². The van der Waals surface area contributed by atoms with E-state index >= 15 is 0 Å². The standard InChI is InChI=1S/C7H6O.C4H3NO2/c8-6-7-4-2-1-3-5-7;6-3-1-2-4(7)5-3/h1-6H;1-2H,(H,5,6,7). The van der Waals surface area contributed by atoms with Gasteiger partial charge in [0.2, 0.25) is 0 Å². The molecule has 1 aromatic carbocycles. The predicted molar refractivity (Wildman–Crippen MR) is 54.1 cm³/mol. The Morgan fingerprint density at radius 2 is 1.47 bits per heavy atom. The van der Waals surface area contributed by atoms with Crippen molar-refractivity contribution in [3.8, 4) is 0 Å². The Hall–Kier alpha value is -2.23. The second-order valence-corrected chi connectivity index (χ2v) is 2.72. The summed E-state index contributed by atoms with van der Waals surface area (Å²) in [5.41, 5.74) is 0.729. The maximum absolute atomic E-state index is 10.0. The molecular weight excluding hydrogens is 194 g/mol. The first-order chi connectivity index (χ1) is 7.22. The van der Waals surface area contributed by atoms with Crippen molar-refractivity contribution < 1.29 is 14.4 Å². The largest absolute Gasteiger partial charge is 0.298 e. The van der Waals surface area contributed by atoms with Gasteiger partial charge in [0.1, 0.15) is 6.29 Å². The molecule has 1 aliphatic heterocycles. The molecule has 2 rings (SSSR count). The molecule has 0 aromatic heterocycles. The van der Waals surface area contributed by atoms with E-state index in [0.717, 1.165) is 11.8 Å². The Morgan fingerprint density at radius 1 is 0.933 bits per heavy atom. The van der Waals surface area contributed by atoms with Gasteiger partial charge in [-0.15, -0.1) is 0 Å². The van der Waals surface area contributed by atoms with Gasteiger partial charge in [-0.3, -0.25) is 19.7 Å². The molecule has 0 fully saturated rings. The molecule has 1 heterocycles. The third kappa shape index (κ3) is 3.99. The molecule has 0 atom stereocenters. The van der Waals surface area contributed by atoms with Crippen molar-refractivity contribution in [1.82, 2.24) is 5.32 Å². The minimum absolute atomic E-state index is 0.329. The Labute approximate surface area is 86.6 Å². The Kier molecular flexibility index (Phi) is 3.97. The molecule has 0 aliphatic carbocycles. The molecule has 0 radical (unpaired) electrons. The fourth-order valence-electron chi connectivity index (χ4n) is 0.888. The Morgan fingerprint density at radius 3 is 1.73 bits per heavy atom. The third-order valence-electron chi connectivity index (χ3n) is 1.57. The van der Waals surface area contributed by atoms with Crippen LogP contribution in [0.5, 0.6) is 0 Å². The lowest BCUT2D eigenvalue weighted by molar-refractivity contribution is -0.123. The SMILES string of the molecule is O=C1C=CC(=O)N1.O=Cc1ccccc1. The molecule has 4 heteroatoms. The van der Waals surface area contributed by atoms with Crippen molar-refractivity contribution in [1.29, 1.82) is 0 Å². The Bertz CT molecular complexity index is 380. The van der Waals surface area contributed by atoms with Gasteiger partial charge in [0.05, 0.1) is 0 Å². The predicted octanol–water partition coefficient (Wildman–Crippen LogP) is 0.698. The molecule has 1 aliphatic rings. The highest BCUT2D eigenvalue weighted by molar-refractivity contribution is 6.12. The first-order valence-electron chi connectivity index (χ1n) is 4.25. The zero-order chi connectivity index (χ0) is 11.1. The lowest BCUT2D eigenvalue weighted by Crippen LogP contribution is -2.19. The summed E-state index contributed by atoms with van der Waals surface area (Å²) >= 11 is 0. The number of rotatable bonds is 1. The van der Waals surface area contributed by atoms with E-state index in [-0.39, 0.29) is 11.8 Å². The van der Waals surface area contributed by atoms with Gasteiger partial charge >= 0.3 is 0 Å². The van der Waals surface area contributed by atoms with Crippen molar-refractivity contribution in [3.05, 3.63) is 48.0 Å². The van der Waals surface area contributed by atoms with Crippen LogP contribution in [0.2, 0.25) is 0 Å². The zero-order valence-corrected chi connectivity index (χ0v) is 7.84. The number of hydrogen-bond acceptors (Lipinski definition) is 3. The van der Waals surface area contributed by atoms with Crippen LogP contribution in [0.15, 0.2) is 42.5 Å². The maximum atomic E-state index is 10.0. The van der Waals surface area contributed by atoms with Crippen LogP contribution < -0.4 is 5.32 Å². The summed E-state index contributed by atoms with van der Waals surface area (Å²) in [7, 11) is 0. The minimum Gasteiger partial charge on any atom is -0.298 e. The summed E-state index contributed by atoms with van der Waals surface area (Å²) in [4.78, 5) is 30.1. The summed E-state index contributed by atoms with van der Waals surface area (Å²) in [6.07, 6.45) is 3.23. The summed E-state index contributed by atoms with van der Waals surface area (Å²) in [6, 6.07) is 9.10. The van der Waals surface area contributed by atoms with Gasteiger partial charge < -0.3 is 0 Å². The minimum atomic E-state index is -0.329. The van der Waals surface area contributed by atoms with E-state index in [1.165, 1.54) is 12.2 Å². The quantitative estimate of drug-likeness (QED) is 0.539. The number of amides is 2. The summed E-state index contributed by atoms with van der Waals surface area (Å²) < 4.78 is 0. The van der Waals surface area contributed by atoms with E-state index in [1.807, 2.05) is 23.5 Å². The van der Waals surface area contributed by atoms with Gasteiger partial charge in [-0.1, -0.05) is 30.3 Å². The molecule has 0 saturated carbocycles. The van der Waals surface area contributed by atoms with Crippen LogP contribution in [0.1, 0.15) is 10.4 Å². The van der Waals surface area contributed by atoms with Crippen molar-refractivity contribution in [2.45, 2.75) is 0 Å². The first kappa shape index (κ1) is 10.8. The van der Waals surface area contributed by atoms with E-state index in [1.54, 1.807) is 12.1 Å². The molecule has 2 amide bonds. The maximum Gasteiger partial charge on any atom is 0.250 e. The summed E-state index contributed by atoms with van der Waals surface area (Å²) in [5, 5.41) is 2.03. The lowest BCUT2D eigenvalue weighted by Gasteiger charge is -1.81. The van der Waals surface area contributed by atoms with Crippen LogP contribution in [0.4, 0.5) is 0 Å². The van der Waals surface area contributed by atoms with Crippen molar-refractivity contribution in [2.75, 3.05) is 0 Å². The highest BCUT2D eigenvalue weighted by atomic mass is 16.2. The summed E-state index contributed by atoms with van der Waals surface area (Å²) in [5.74, 6) is -0.657. The fourth-order valence-corrected chi connectivity index (χ4v) is 0.888. The van der Waals surface area contributed by atoms with Crippen LogP contribution in [0.3, 0.4) is 0 Å². The topological polar surface area (TPSA) is 63.2 Å². The van der Waals surface area contributed by atoms with E-state index in [4.69, 9.17) is 0 Å². The fraction of sp³-hybridized carbons (Fsp3) is 0. The average Bonchev–Trinajstić information content (AvgIpc) is 2.65. The molecule has 0 unspecified atom stereocenters. The number of imide groups is 1. The molecule has 76 valence electrons. The number of carbonyl (C=O) groups excluding carboxylic acids is 3.